The lowest BCUT2D eigenvalue weighted by Gasteiger charge is -2.22. The predicted molar refractivity (Wildman–Crippen MR) is 43.0 cm³/mol. The molecule has 0 saturated heterocycles. The maximum atomic E-state index is 12.8. The second-order valence-corrected chi connectivity index (χ2v) is 2.96. The van der Waals surface area contributed by atoms with Crippen LogP contribution in [-0.2, 0) is 11.3 Å². The van der Waals surface area contributed by atoms with Gasteiger partial charge in [0.15, 0.2) is 0 Å². The molecule has 12 heavy (non-hydrogen) atoms. The Labute approximate surface area is 70.1 Å². The van der Waals surface area contributed by atoms with Gasteiger partial charge >= 0.3 is 0 Å². The van der Waals surface area contributed by atoms with E-state index in [1.807, 2.05) is 0 Å². The highest BCUT2D eigenvalue weighted by Gasteiger charge is 2.17. The van der Waals surface area contributed by atoms with E-state index in [-0.39, 0.29) is 11.9 Å². The SMILES string of the molecule is N[C@H]1COCc2ccc(F)cc21. The van der Waals surface area contributed by atoms with Crippen LogP contribution >= 0.6 is 0 Å². The number of hydrogen-bond acceptors (Lipinski definition) is 2. The van der Waals surface area contributed by atoms with E-state index in [9.17, 15) is 4.39 Å². The Morgan fingerprint density at radius 2 is 2.33 bits per heavy atom. The van der Waals surface area contributed by atoms with Crippen LogP contribution in [-0.4, -0.2) is 6.61 Å². The molecule has 1 aliphatic heterocycles. The number of rotatable bonds is 0. The van der Waals surface area contributed by atoms with Crippen molar-refractivity contribution in [3.63, 3.8) is 0 Å². The molecule has 0 radical (unpaired) electrons. The zero-order valence-corrected chi connectivity index (χ0v) is 6.59. The minimum Gasteiger partial charge on any atom is -0.375 e. The number of benzene rings is 1. The van der Waals surface area contributed by atoms with Gasteiger partial charge in [-0.05, 0) is 23.3 Å². The molecule has 0 amide bonds. The molecule has 0 bridgehead atoms. The lowest BCUT2D eigenvalue weighted by Crippen LogP contribution is -2.23. The fourth-order valence-corrected chi connectivity index (χ4v) is 1.43. The molecule has 1 atom stereocenters. The van der Waals surface area contributed by atoms with Crippen molar-refractivity contribution in [2.45, 2.75) is 12.6 Å². The molecule has 0 fully saturated rings. The van der Waals surface area contributed by atoms with Crippen molar-refractivity contribution in [3.8, 4) is 0 Å². The van der Waals surface area contributed by atoms with Crippen LogP contribution < -0.4 is 5.73 Å². The van der Waals surface area contributed by atoms with E-state index < -0.39 is 0 Å². The Morgan fingerprint density at radius 1 is 1.50 bits per heavy atom. The quantitative estimate of drug-likeness (QED) is 0.633. The third-order valence-electron chi connectivity index (χ3n) is 2.06. The number of ether oxygens (including phenoxy) is 1. The first-order chi connectivity index (χ1) is 5.77. The third kappa shape index (κ3) is 1.21. The highest BCUT2D eigenvalue weighted by Crippen LogP contribution is 2.23. The summed E-state index contributed by atoms with van der Waals surface area (Å²) < 4.78 is 18.0. The summed E-state index contributed by atoms with van der Waals surface area (Å²) in [4.78, 5) is 0. The van der Waals surface area contributed by atoms with Crippen LogP contribution in [0.2, 0.25) is 0 Å². The van der Waals surface area contributed by atoms with Crippen molar-refractivity contribution in [2.75, 3.05) is 6.61 Å². The number of nitrogens with two attached hydrogens (primary N) is 1. The molecule has 2 N–H and O–H groups in total. The van der Waals surface area contributed by atoms with E-state index in [0.717, 1.165) is 11.1 Å². The van der Waals surface area contributed by atoms with Crippen molar-refractivity contribution in [2.24, 2.45) is 5.73 Å². The van der Waals surface area contributed by atoms with Crippen molar-refractivity contribution >= 4 is 0 Å². The second-order valence-electron chi connectivity index (χ2n) is 2.96. The fraction of sp³-hybridized carbons (Fsp3) is 0.333. The van der Waals surface area contributed by atoms with Crippen LogP contribution in [0.15, 0.2) is 18.2 Å². The normalized spacial score (nSPS) is 22.0. The van der Waals surface area contributed by atoms with Crippen LogP contribution in [0.3, 0.4) is 0 Å². The Bertz CT molecular complexity index is 301. The smallest absolute Gasteiger partial charge is 0.123 e. The van der Waals surface area contributed by atoms with Crippen molar-refractivity contribution < 1.29 is 9.13 Å². The molecule has 0 saturated carbocycles. The molecule has 0 aliphatic carbocycles. The lowest BCUT2D eigenvalue weighted by molar-refractivity contribution is 0.0922. The maximum Gasteiger partial charge on any atom is 0.123 e. The van der Waals surface area contributed by atoms with Gasteiger partial charge in [-0.2, -0.15) is 0 Å². The first-order valence-corrected chi connectivity index (χ1v) is 3.89. The van der Waals surface area contributed by atoms with Crippen LogP contribution in [0.25, 0.3) is 0 Å². The molecule has 2 rings (SSSR count). The number of halogens is 1. The van der Waals surface area contributed by atoms with Gasteiger partial charge < -0.3 is 10.5 Å². The molecule has 0 unspecified atom stereocenters. The van der Waals surface area contributed by atoms with E-state index in [1.54, 1.807) is 6.07 Å². The summed E-state index contributed by atoms with van der Waals surface area (Å²) in [6, 6.07) is 4.47. The van der Waals surface area contributed by atoms with Gasteiger partial charge in [-0.15, -0.1) is 0 Å². The Morgan fingerprint density at radius 3 is 3.17 bits per heavy atom. The van der Waals surface area contributed by atoms with Gasteiger partial charge in [-0.1, -0.05) is 6.07 Å². The van der Waals surface area contributed by atoms with E-state index >= 15 is 0 Å². The summed E-state index contributed by atoms with van der Waals surface area (Å²) in [5.41, 5.74) is 7.60. The van der Waals surface area contributed by atoms with Crippen LogP contribution in [0, 0.1) is 5.82 Å². The van der Waals surface area contributed by atoms with Crippen LogP contribution in [0.4, 0.5) is 4.39 Å². The zero-order valence-electron chi connectivity index (χ0n) is 6.59. The molecule has 1 aromatic rings. The van der Waals surface area contributed by atoms with Crippen LogP contribution in [0.5, 0.6) is 0 Å². The molecular formula is C9H10FNO. The highest BCUT2D eigenvalue weighted by atomic mass is 19.1. The largest absolute Gasteiger partial charge is 0.375 e. The molecule has 1 aromatic carbocycles. The minimum atomic E-state index is -0.230. The number of fused-ring (bicyclic) bond motifs is 1. The summed E-state index contributed by atoms with van der Waals surface area (Å²) in [5.74, 6) is -0.230. The van der Waals surface area contributed by atoms with Crippen molar-refractivity contribution in [1.29, 1.82) is 0 Å². The van der Waals surface area contributed by atoms with Crippen molar-refractivity contribution in [1.82, 2.24) is 0 Å². The van der Waals surface area contributed by atoms with E-state index in [0.29, 0.717) is 13.2 Å². The lowest BCUT2D eigenvalue weighted by atomic mass is 10.00. The number of hydrogen-bond donors (Lipinski definition) is 1. The van der Waals surface area contributed by atoms with E-state index in [1.165, 1.54) is 12.1 Å². The molecule has 3 heteroatoms. The average molecular weight is 167 g/mol. The molecule has 0 aromatic heterocycles. The molecule has 0 spiro atoms. The van der Waals surface area contributed by atoms with Gasteiger partial charge in [-0.25, -0.2) is 4.39 Å². The topological polar surface area (TPSA) is 35.2 Å². The van der Waals surface area contributed by atoms with Crippen LogP contribution in [0.1, 0.15) is 17.2 Å². The Kier molecular flexibility index (Phi) is 1.83. The third-order valence-corrected chi connectivity index (χ3v) is 2.06. The second kappa shape index (κ2) is 2.84. The summed E-state index contributed by atoms with van der Waals surface area (Å²) in [6.45, 7) is 1.03. The zero-order chi connectivity index (χ0) is 8.55. The van der Waals surface area contributed by atoms with Gasteiger partial charge in [0.05, 0.1) is 19.3 Å². The van der Waals surface area contributed by atoms with Gasteiger partial charge in [0.1, 0.15) is 5.82 Å². The first kappa shape index (κ1) is 7.71. The van der Waals surface area contributed by atoms with Gasteiger partial charge in [0.2, 0.25) is 0 Å². The highest BCUT2D eigenvalue weighted by molar-refractivity contribution is 5.31. The average Bonchev–Trinajstić information content (AvgIpc) is 2.07. The van der Waals surface area contributed by atoms with Gasteiger partial charge in [0.25, 0.3) is 0 Å². The first-order valence-electron chi connectivity index (χ1n) is 3.89. The molecule has 2 nitrogen and oxygen atoms in total. The molecular weight excluding hydrogens is 157 g/mol. The maximum absolute atomic E-state index is 12.8. The summed E-state index contributed by atoms with van der Waals surface area (Å²) in [5, 5.41) is 0. The van der Waals surface area contributed by atoms with Gasteiger partial charge in [0, 0.05) is 0 Å². The monoisotopic (exact) mass is 167 g/mol. The minimum absolute atomic E-state index is 0.176. The molecule has 1 heterocycles. The van der Waals surface area contributed by atoms with Crippen molar-refractivity contribution in [3.05, 3.63) is 35.1 Å². The molecule has 1 aliphatic rings. The Hall–Kier alpha value is -0.930. The van der Waals surface area contributed by atoms with E-state index in [2.05, 4.69) is 0 Å². The summed E-state index contributed by atoms with van der Waals surface area (Å²) in [7, 11) is 0. The van der Waals surface area contributed by atoms with E-state index in [4.69, 9.17) is 10.5 Å². The molecule has 64 valence electrons. The Balaban J connectivity index is 2.47. The standard InChI is InChI=1S/C9H10FNO/c10-7-2-1-6-4-12-5-9(11)8(6)3-7/h1-3,9H,4-5,11H2/t9-/m0/s1. The summed E-state index contributed by atoms with van der Waals surface area (Å²) >= 11 is 0. The fourth-order valence-electron chi connectivity index (χ4n) is 1.43. The predicted octanol–water partition coefficient (Wildman–Crippen LogP) is 1.36. The summed E-state index contributed by atoms with van der Waals surface area (Å²) in [6.07, 6.45) is 0. The van der Waals surface area contributed by atoms with Gasteiger partial charge in [-0.3, -0.25) is 0 Å².